The Kier molecular flexibility index (Phi) is 3.71. The van der Waals surface area contributed by atoms with Gasteiger partial charge in [-0.15, -0.1) is 11.8 Å². The first-order valence-corrected chi connectivity index (χ1v) is 7.66. The molecule has 0 saturated carbocycles. The molecule has 19 heavy (non-hydrogen) atoms. The van der Waals surface area contributed by atoms with Crippen molar-refractivity contribution in [1.29, 1.82) is 0 Å². The first-order valence-electron chi connectivity index (χ1n) is 6.29. The van der Waals surface area contributed by atoms with Crippen LogP contribution in [0.15, 0.2) is 17.0 Å². The number of ether oxygens (including phenoxy) is 1. The lowest BCUT2D eigenvalue weighted by molar-refractivity contribution is -0.116. The van der Waals surface area contributed by atoms with E-state index in [4.69, 9.17) is 22.1 Å². The predicted octanol–water partition coefficient (Wildman–Crippen LogP) is 2.56. The fraction of sp³-hybridized carbons (Fsp3) is 0.462. The summed E-state index contributed by atoms with van der Waals surface area (Å²) in [7, 11) is 0. The van der Waals surface area contributed by atoms with Crippen LogP contribution >= 0.6 is 23.4 Å². The average molecular weight is 299 g/mol. The molecule has 1 aromatic carbocycles. The molecule has 1 aromatic rings. The molecule has 6 heteroatoms. The van der Waals surface area contributed by atoms with Crippen molar-refractivity contribution in [1.82, 2.24) is 0 Å². The van der Waals surface area contributed by atoms with Gasteiger partial charge in [0.25, 0.3) is 0 Å². The van der Waals surface area contributed by atoms with Gasteiger partial charge < -0.3 is 15.8 Å². The molecular formula is C13H15ClN2O2S. The minimum Gasteiger partial charge on any atom is -0.377 e. The minimum atomic E-state index is -0.607. The van der Waals surface area contributed by atoms with Gasteiger partial charge in [0.15, 0.2) is 0 Å². The number of hydrogen-bond acceptors (Lipinski definition) is 4. The Morgan fingerprint density at radius 1 is 1.53 bits per heavy atom. The minimum absolute atomic E-state index is 0.174. The first kappa shape index (κ1) is 13.2. The fourth-order valence-electron chi connectivity index (χ4n) is 2.36. The third-order valence-electron chi connectivity index (χ3n) is 3.43. The van der Waals surface area contributed by atoms with Gasteiger partial charge in [0.05, 0.1) is 11.1 Å². The van der Waals surface area contributed by atoms with E-state index in [1.54, 1.807) is 17.8 Å². The number of thioether (sulfide) groups is 1. The van der Waals surface area contributed by atoms with Crippen LogP contribution in [0.5, 0.6) is 0 Å². The Balaban J connectivity index is 1.76. The molecule has 2 unspecified atom stereocenters. The summed E-state index contributed by atoms with van der Waals surface area (Å²) in [4.78, 5) is 12.5. The number of carbonyl (C=O) groups excluding carboxylic acids is 1. The van der Waals surface area contributed by atoms with Crippen molar-refractivity contribution in [3.05, 3.63) is 22.7 Å². The molecule has 102 valence electrons. The zero-order valence-electron chi connectivity index (χ0n) is 10.3. The highest BCUT2D eigenvalue weighted by Gasteiger charge is 2.28. The Hall–Kier alpha value is -0.750. The number of carbonyl (C=O) groups is 1. The molecule has 3 rings (SSSR count). The quantitative estimate of drug-likeness (QED) is 0.842. The zero-order chi connectivity index (χ0) is 13.4. The Morgan fingerprint density at radius 3 is 3.11 bits per heavy atom. The second-order valence-corrected chi connectivity index (χ2v) is 6.25. The molecule has 2 heterocycles. The number of amides is 1. The molecule has 1 saturated heterocycles. The van der Waals surface area contributed by atoms with E-state index in [1.165, 1.54) is 0 Å². The lowest BCUT2D eigenvalue weighted by Gasteiger charge is -2.11. The number of halogens is 1. The topological polar surface area (TPSA) is 64.4 Å². The van der Waals surface area contributed by atoms with Gasteiger partial charge in [-0.25, -0.2) is 0 Å². The highest BCUT2D eigenvalue weighted by atomic mass is 35.5. The Labute approximate surface area is 121 Å². The van der Waals surface area contributed by atoms with Crippen molar-refractivity contribution < 1.29 is 9.53 Å². The number of hydrogen-bond donors (Lipinski definition) is 2. The van der Waals surface area contributed by atoms with E-state index >= 15 is 0 Å². The normalized spacial score (nSPS) is 25.5. The van der Waals surface area contributed by atoms with Crippen LogP contribution in [-0.2, 0) is 9.53 Å². The number of nitrogens with two attached hydrogens (primary N) is 1. The van der Waals surface area contributed by atoms with Crippen LogP contribution < -0.4 is 11.1 Å². The van der Waals surface area contributed by atoms with E-state index in [2.05, 4.69) is 5.32 Å². The summed E-state index contributed by atoms with van der Waals surface area (Å²) in [6.45, 7) is 0.855. The lowest BCUT2D eigenvalue weighted by Crippen LogP contribution is -2.19. The van der Waals surface area contributed by atoms with Gasteiger partial charge in [-0.3, -0.25) is 4.79 Å². The van der Waals surface area contributed by atoms with Crippen LogP contribution in [0.3, 0.4) is 0 Å². The fourth-order valence-corrected chi connectivity index (χ4v) is 3.72. The Morgan fingerprint density at radius 2 is 2.37 bits per heavy atom. The number of rotatable bonds is 3. The Bertz CT molecular complexity index is 518. The highest BCUT2D eigenvalue weighted by Crippen LogP contribution is 2.38. The van der Waals surface area contributed by atoms with Crippen molar-refractivity contribution in [3.8, 4) is 0 Å². The zero-order valence-corrected chi connectivity index (χ0v) is 11.9. The number of fused-ring (bicyclic) bond motifs is 1. The molecule has 4 nitrogen and oxygen atoms in total. The van der Waals surface area contributed by atoms with Crippen LogP contribution in [0, 0.1) is 0 Å². The summed E-state index contributed by atoms with van der Waals surface area (Å²) in [6, 6.07) is 3.09. The summed E-state index contributed by atoms with van der Waals surface area (Å²) in [5, 5.41) is 3.42. The van der Waals surface area contributed by atoms with Gasteiger partial charge in [-0.2, -0.15) is 0 Å². The maximum atomic E-state index is 11.5. The number of nitrogens with one attached hydrogen (secondary N) is 1. The monoisotopic (exact) mass is 298 g/mol. The van der Waals surface area contributed by atoms with Crippen LogP contribution in [0.2, 0.25) is 5.02 Å². The van der Waals surface area contributed by atoms with E-state index in [0.29, 0.717) is 11.1 Å². The standard InChI is InChI=1S/C13H15ClN2O2S/c14-9-4-8-10(16-13(17)12(8)15)5-11(9)19-6-7-2-1-3-18-7/h4-5,7,12H,1-3,6,15H2,(H,16,17). The van der Waals surface area contributed by atoms with E-state index in [1.807, 2.05) is 6.07 Å². The van der Waals surface area contributed by atoms with Gasteiger partial charge in [0.1, 0.15) is 6.04 Å². The van der Waals surface area contributed by atoms with Gasteiger partial charge in [-0.1, -0.05) is 11.6 Å². The molecule has 2 aliphatic rings. The molecule has 0 spiro atoms. The SMILES string of the molecule is NC1C(=O)Nc2cc(SCC3CCCO3)c(Cl)cc21. The van der Waals surface area contributed by atoms with Crippen LogP contribution in [-0.4, -0.2) is 24.4 Å². The summed E-state index contributed by atoms with van der Waals surface area (Å²) in [5.74, 6) is 0.714. The predicted molar refractivity (Wildman–Crippen MR) is 76.7 cm³/mol. The molecule has 1 amide bonds. The van der Waals surface area contributed by atoms with Gasteiger partial charge in [0.2, 0.25) is 5.91 Å². The maximum Gasteiger partial charge on any atom is 0.245 e. The van der Waals surface area contributed by atoms with E-state index in [0.717, 1.165) is 41.3 Å². The molecule has 3 N–H and O–H groups in total. The summed E-state index contributed by atoms with van der Waals surface area (Å²) in [6.07, 6.45) is 2.55. The molecule has 0 radical (unpaired) electrons. The van der Waals surface area contributed by atoms with Crippen molar-refractivity contribution in [3.63, 3.8) is 0 Å². The molecule has 1 fully saturated rings. The molecular weight excluding hydrogens is 284 g/mol. The number of benzene rings is 1. The summed E-state index contributed by atoms with van der Waals surface area (Å²) in [5.41, 5.74) is 7.33. The first-order chi connectivity index (χ1) is 9.15. The smallest absolute Gasteiger partial charge is 0.245 e. The lowest BCUT2D eigenvalue weighted by atomic mass is 10.1. The van der Waals surface area contributed by atoms with Gasteiger partial charge in [0, 0.05) is 28.5 Å². The average Bonchev–Trinajstić information content (AvgIpc) is 2.98. The van der Waals surface area contributed by atoms with E-state index in [9.17, 15) is 4.79 Å². The van der Waals surface area contributed by atoms with Crippen LogP contribution in [0.1, 0.15) is 24.4 Å². The summed E-state index contributed by atoms with van der Waals surface area (Å²) < 4.78 is 5.59. The van der Waals surface area contributed by atoms with Crippen molar-refractivity contribution in [2.24, 2.45) is 5.73 Å². The van der Waals surface area contributed by atoms with E-state index < -0.39 is 6.04 Å². The second kappa shape index (κ2) is 5.32. The maximum absolute atomic E-state index is 11.5. The highest BCUT2D eigenvalue weighted by molar-refractivity contribution is 7.99. The molecule has 2 atom stereocenters. The van der Waals surface area contributed by atoms with Gasteiger partial charge in [-0.05, 0) is 25.0 Å². The third kappa shape index (κ3) is 2.60. The largest absolute Gasteiger partial charge is 0.377 e. The molecule has 2 aliphatic heterocycles. The number of anilines is 1. The van der Waals surface area contributed by atoms with Crippen molar-refractivity contribution in [2.75, 3.05) is 17.7 Å². The van der Waals surface area contributed by atoms with Gasteiger partial charge >= 0.3 is 0 Å². The van der Waals surface area contributed by atoms with E-state index in [-0.39, 0.29) is 5.91 Å². The second-order valence-electron chi connectivity index (χ2n) is 4.78. The van der Waals surface area contributed by atoms with Crippen LogP contribution in [0.4, 0.5) is 5.69 Å². The molecule has 0 bridgehead atoms. The van der Waals surface area contributed by atoms with Crippen molar-refractivity contribution >= 4 is 35.0 Å². The summed E-state index contributed by atoms with van der Waals surface area (Å²) >= 11 is 7.91. The molecule has 0 aliphatic carbocycles. The van der Waals surface area contributed by atoms with Crippen LogP contribution in [0.25, 0.3) is 0 Å². The third-order valence-corrected chi connectivity index (χ3v) is 5.04. The molecule has 0 aromatic heterocycles. The van der Waals surface area contributed by atoms with Crippen molar-refractivity contribution in [2.45, 2.75) is 29.9 Å².